The van der Waals surface area contributed by atoms with Crippen molar-refractivity contribution in [3.05, 3.63) is 48.3 Å². The van der Waals surface area contributed by atoms with E-state index in [2.05, 4.69) is 10.1 Å². The second-order valence-corrected chi connectivity index (χ2v) is 4.28. The van der Waals surface area contributed by atoms with E-state index in [1.54, 1.807) is 6.07 Å². The van der Waals surface area contributed by atoms with Crippen molar-refractivity contribution in [3.8, 4) is 5.75 Å². The monoisotopic (exact) mass is 284 g/mol. The molecule has 0 radical (unpaired) electrons. The molecule has 0 bridgehead atoms. The van der Waals surface area contributed by atoms with Gasteiger partial charge in [0.1, 0.15) is 5.75 Å². The summed E-state index contributed by atoms with van der Waals surface area (Å²) in [5, 5.41) is 3.06. The van der Waals surface area contributed by atoms with Crippen molar-refractivity contribution in [2.45, 2.75) is 26.4 Å². The minimum Gasteiger partial charge on any atom is -0.406 e. The molecule has 0 amide bonds. The molecule has 1 N–H and O–H groups in total. The molecule has 20 heavy (non-hydrogen) atoms. The summed E-state index contributed by atoms with van der Waals surface area (Å²) in [4.78, 5) is 0. The highest BCUT2D eigenvalue weighted by atomic mass is 19.4. The Morgan fingerprint density at radius 2 is 2.05 bits per heavy atom. The first-order valence-electron chi connectivity index (χ1n) is 6.20. The predicted octanol–water partition coefficient (Wildman–Crippen LogP) is 4.02. The van der Waals surface area contributed by atoms with Crippen molar-refractivity contribution in [1.82, 2.24) is 4.57 Å². The summed E-state index contributed by atoms with van der Waals surface area (Å²) in [5.74, 6) is -0.228. The number of anilines is 1. The summed E-state index contributed by atoms with van der Waals surface area (Å²) in [6.45, 7) is 3.46. The largest absolute Gasteiger partial charge is 0.573 e. The summed E-state index contributed by atoms with van der Waals surface area (Å²) >= 11 is 0. The van der Waals surface area contributed by atoms with Gasteiger partial charge in [0, 0.05) is 37.2 Å². The van der Waals surface area contributed by atoms with Gasteiger partial charge in [-0.3, -0.25) is 0 Å². The van der Waals surface area contributed by atoms with Crippen LogP contribution in [0.25, 0.3) is 0 Å². The number of aromatic nitrogens is 1. The topological polar surface area (TPSA) is 26.2 Å². The molecule has 0 aliphatic heterocycles. The lowest BCUT2D eigenvalue weighted by atomic mass is 10.2. The van der Waals surface area contributed by atoms with E-state index in [0.717, 1.165) is 12.1 Å². The standard InChI is InChI=1S/C14H15F3N2O/c1-2-19-7-6-11(10-19)9-18-12-4-3-5-13(8-12)20-14(15,16)17/h3-8,10,18H,2,9H2,1H3. The Kier molecular flexibility index (Phi) is 4.22. The SMILES string of the molecule is CCn1ccc(CNc2cccc(OC(F)(F)F)c2)c1. The Bertz CT molecular complexity index is 564. The van der Waals surface area contributed by atoms with E-state index in [1.165, 1.54) is 18.2 Å². The Balaban J connectivity index is 1.97. The number of halogens is 3. The van der Waals surface area contributed by atoms with Crippen LogP contribution in [-0.2, 0) is 13.1 Å². The van der Waals surface area contributed by atoms with E-state index in [4.69, 9.17) is 0 Å². The van der Waals surface area contributed by atoms with Crippen LogP contribution in [0.15, 0.2) is 42.7 Å². The molecule has 3 nitrogen and oxygen atoms in total. The minimum atomic E-state index is -4.67. The molecule has 2 aromatic rings. The molecule has 0 fully saturated rings. The summed E-state index contributed by atoms with van der Waals surface area (Å²) < 4.78 is 42.3. The van der Waals surface area contributed by atoms with E-state index in [-0.39, 0.29) is 5.75 Å². The molecule has 6 heteroatoms. The third kappa shape index (κ3) is 4.22. The van der Waals surface area contributed by atoms with Crippen molar-refractivity contribution in [1.29, 1.82) is 0 Å². The Hall–Kier alpha value is -2.11. The maximum atomic E-state index is 12.1. The van der Waals surface area contributed by atoms with Crippen LogP contribution in [0.2, 0.25) is 0 Å². The molecule has 0 unspecified atom stereocenters. The van der Waals surface area contributed by atoms with Gasteiger partial charge >= 0.3 is 6.36 Å². The lowest BCUT2D eigenvalue weighted by Gasteiger charge is -2.11. The number of aryl methyl sites for hydroxylation is 1. The van der Waals surface area contributed by atoms with Crippen LogP contribution >= 0.6 is 0 Å². The maximum Gasteiger partial charge on any atom is 0.573 e. The minimum absolute atomic E-state index is 0.228. The van der Waals surface area contributed by atoms with Gasteiger partial charge in [-0.2, -0.15) is 0 Å². The van der Waals surface area contributed by atoms with Crippen molar-refractivity contribution in [2.75, 3.05) is 5.32 Å². The molecule has 1 aromatic carbocycles. The van der Waals surface area contributed by atoms with E-state index in [0.29, 0.717) is 12.2 Å². The number of benzene rings is 1. The molecule has 2 rings (SSSR count). The average Bonchev–Trinajstić information content (AvgIpc) is 2.83. The predicted molar refractivity (Wildman–Crippen MR) is 70.6 cm³/mol. The zero-order valence-electron chi connectivity index (χ0n) is 10.9. The summed E-state index contributed by atoms with van der Waals surface area (Å²) in [6.07, 6.45) is -0.722. The summed E-state index contributed by atoms with van der Waals surface area (Å²) in [7, 11) is 0. The van der Waals surface area contributed by atoms with Crippen molar-refractivity contribution in [3.63, 3.8) is 0 Å². The highest BCUT2D eigenvalue weighted by molar-refractivity contribution is 5.48. The average molecular weight is 284 g/mol. The number of rotatable bonds is 5. The molecule has 0 aliphatic rings. The van der Waals surface area contributed by atoms with Crippen LogP contribution < -0.4 is 10.1 Å². The van der Waals surface area contributed by atoms with Crippen LogP contribution in [-0.4, -0.2) is 10.9 Å². The molecule has 0 saturated carbocycles. The van der Waals surface area contributed by atoms with Crippen LogP contribution in [0, 0.1) is 0 Å². The molecule has 0 saturated heterocycles. The van der Waals surface area contributed by atoms with E-state index < -0.39 is 6.36 Å². The highest BCUT2D eigenvalue weighted by Gasteiger charge is 2.31. The molecular weight excluding hydrogens is 269 g/mol. The fraction of sp³-hybridized carbons (Fsp3) is 0.286. The number of alkyl halides is 3. The van der Waals surface area contributed by atoms with Gasteiger partial charge in [0.2, 0.25) is 0 Å². The highest BCUT2D eigenvalue weighted by Crippen LogP contribution is 2.25. The first kappa shape index (κ1) is 14.3. The second kappa shape index (κ2) is 5.90. The summed E-state index contributed by atoms with van der Waals surface area (Å²) in [5.41, 5.74) is 1.64. The number of ether oxygens (including phenoxy) is 1. The zero-order valence-corrected chi connectivity index (χ0v) is 10.9. The van der Waals surface area contributed by atoms with Crippen LogP contribution in [0.5, 0.6) is 5.75 Å². The molecule has 108 valence electrons. The van der Waals surface area contributed by atoms with Crippen molar-refractivity contribution < 1.29 is 17.9 Å². The van der Waals surface area contributed by atoms with Crippen molar-refractivity contribution >= 4 is 5.69 Å². The first-order chi connectivity index (χ1) is 9.46. The van der Waals surface area contributed by atoms with Crippen molar-refractivity contribution in [2.24, 2.45) is 0 Å². The fourth-order valence-corrected chi connectivity index (χ4v) is 1.80. The maximum absolute atomic E-state index is 12.1. The molecule has 0 spiro atoms. The lowest BCUT2D eigenvalue weighted by Crippen LogP contribution is -2.17. The van der Waals surface area contributed by atoms with Gasteiger partial charge in [0.05, 0.1) is 0 Å². The fourth-order valence-electron chi connectivity index (χ4n) is 1.80. The third-order valence-corrected chi connectivity index (χ3v) is 2.74. The van der Waals surface area contributed by atoms with Crippen LogP contribution in [0.4, 0.5) is 18.9 Å². The molecule has 0 aliphatic carbocycles. The number of hydrogen-bond donors (Lipinski definition) is 1. The molecule has 0 atom stereocenters. The molecule has 1 aromatic heterocycles. The van der Waals surface area contributed by atoms with Gasteiger partial charge in [0.15, 0.2) is 0 Å². The normalized spacial score (nSPS) is 11.4. The van der Waals surface area contributed by atoms with E-state index in [9.17, 15) is 13.2 Å². The zero-order chi connectivity index (χ0) is 14.6. The first-order valence-corrected chi connectivity index (χ1v) is 6.20. The van der Waals surface area contributed by atoms with Crippen LogP contribution in [0.3, 0.4) is 0 Å². The number of nitrogens with zero attached hydrogens (tertiary/aromatic N) is 1. The van der Waals surface area contributed by atoms with E-state index >= 15 is 0 Å². The van der Waals surface area contributed by atoms with Gasteiger partial charge in [-0.1, -0.05) is 6.07 Å². The Morgan fingerprint density at radius 3 is 2.70 bits per heavy atom. The number of hydrogen-bond acceptors (Lipinski definition) is 2. The lowest BCUT2D eigenvalue weighted by molar-refractivity contribution is -0.274. The summed E-state index contributed by atoms with van der Waals surface area (Å²) in [6, 6.07) is 7.77. The quantitative estimate of drug-likeness (QED) is 0.897. The second-order valence-electron chi connectivity index (χ2n) is 4.28. The van der Waals surface area contributed by atoms with Gasteiger partial charge < -0.3 is 14.6 Å². The third-order valence-electron chi connectivity index (χ3n) is 2.74. The van der Waals surface area contributed by atoms with Gasteiger partial charge in [-0.05, 0) is 30.7 Å². The number of nitrogens with one attached hydrogen (secondary N) is 1. The van der Waals surface area contributed by atoms with Crippen LogP contribution in [0.1, 0.15) is 12.5 Å². The van der Waals surface area contributed by atoms with E-state index in [1.807, 2.05) is 30.0 Å². The van der Waals surface area contributed by atoms with Gasteiger partial charge in [0.25, 0.3) is 0 Å². The van der Waals surface area contributed by atoms with Gasteiger partial charge in [-0.15, -0.1) is 13.2 Å². The Labute approximate surface area is 115 Å². The smallest absolute Gasteiger partial charge is 0.406 e. The molecular formula is C14H15F3N2O. The Morgan fingerprint density at radius 1 is 1.25 bits per heavy atom. The molecule has 1 heterocycles. The van der Waals surface area contributed by atoms with Gasteiger partial charge in [-0.25, -0.2) is 0 Å².